The molecule has 10 heteroatoms. The molecule has 4 heterocycles. The first-order valence-electron chi connectivity index (χ1n) is 12.2. The van der Waals surface area contributed by atoms with Gasteiger partial charge in [0.05, 0.1) is 54.7 Å². The van der Waals surface area contributed by atoms with Crippen molar-refractivity contribution in [1.82, 2.24) is 24.2 Å². The molecule has 1 atom stereocenters. The number of rotatable bonds is 6. The summed E-state index contributed by atoms with van der Waals surface area (Å²) in [6, 6.07) is 10.0. The van der Waals surface area contributed by atoms with Crippen LogP contribution in [-0.4, -0.2) is 63.0 Å². The average Bonchev–Trinajstić information content (AvgIpc) is 3.56. The van der Waals surface area contributed by atoms with Crippen molar-refractivity contribution in [2.75, 3.05) is 26.0 Å². The number of likely N-dealkylation sites (N-methyl/N-ethyl adjacent to an activating group) is 1. The third-order valence-corrected chi connectivity index (χ3v) is 6.55. The van der Waals surface area contributed by atoms with Gasteiger partial charge in [-0.25, -0.2) is 14.3 Å². The molecule has 0 saturated carbocycles. The summed E-state index contributed by atoms with van der Waals surface area (Å²) in [5.74, 6) is 2.29. The van der Waals surface area contributed by atoms with Crippen molar-refractivity contribution < 1.29 is 14.3 Å². The summed E-state index contributed by atoms with van der Waals surface area (Å²) in [5.41, 5.74) is 4.07. The maximum atomic E-state index is 13.2. The molecule has 0 spiro atoms. The lowest BCUT2D eigenvalue weighted by Crippen LogP contribution is -2.24. The van der Waals surface area contributed by atoms with E-state index in [0.717, 1.165) is 34.6 Å². The van der Waals surface area contributed by atoms with Crippen LogP contribution in [0.15, 0.2) is 53.9 Å². The highest BCUT2D eigenvalue weighted by molar-refractivity contribution is 5.97. The second-order valence-corrected chi connectivity index (χ2v) is 9.43. The normalized spacial score (nSPS) is 15.4. The van der Waals surface area contributed by atoms with E-state index in [1.807, 2.05) is 65.3 Å². The number of pyridine rings is 1. The van der Waals surface area contributed by atoms with Gasteiger partial charge in [0, 0.05) is 43.5 Å². The summed E-state index contributed by atoms with van der Waals surface area (Å²) in [7, 11) is 5.53. The summed E-state index contributed by atoms with van der Waals surface area (Å²) in [6.07, 6.45) is 4.61. The fraction of sp³-hybridized carbons (Fsp3) is 0.333. The summed E-state index contributed by atoms with van der Waals surface area (Å²) in [6.45, 7) is 6.39. The first-order valence-corrected chi connectivity index (χ1v) is 12.2. The Bertz CT molecular complexity index is 1500. The molecule has 1 aliphatic rings. The SMILES string of the molecule is COc1cc(C2CN=C(C)N2C)ccc1Nc1cc2c(cn1)cc(-c1cnn(C)c1)n2C(=O)OC(C)C. The number of aromatic nitrogens is 4. The summed E-state index contributed by atoms with van der Waals surface area (Å²) in [5, 5.41) is 8.43. The van der Waals surface area contributed by atoms with Crippen molar-refractivity contribution in [2.45, 2.75) is 32.9 Å². The van der Waals surface area contributed by atoms with Crippen molar-refractivity contribution in [2.24, 2.45) is 12.0 Å². The summed E-state index contributed by atoms with van der Waals surface area (Å²) >= 11 is 0. The lowest BCUT2D eigenvalue weighted by molar-refractivity contribution is 0.118. The Morgan fingerprint density at radius 2 is 1.97 bits per heavy atom. The summed E-state index contributed by atoms with van der Waals surface area (Å²) < 4.78 is 14.5. The minimum Gasteiger partial charge on any atom is -0.495 e. The smallest absolute Gasteiger partial charge is 0.419 e. The molecule has 1 N–H and O–H groups in total. The van der Waals surface area contributed by atoms with Gasteiger partial charge in [0.1, 0.15) is 11.6 Å². The van der Waals surface area contributed by atoms with E-state index in [1.54, 1.807) is 28.8 Å². The fourth-order valence-electron chi connectivity index (χ4n) is 4.55. The lowest BCUT2D eigenvalue weighted by Gasteiger charge is -2.23. The average molecular weight is 502 g/mol. The standard InChI is InChI=1S/C27H31N7O3/c1-16(2)37-27(35)34-22(20-13-30-32(4)15-20)9-19-12-29-26(11-23(19)34)31-21-8-7-18(10-25(21)36-6)24-14-28-17(3)33(24)5/h7-13,15-16,24H,14H2,1-6H3,(H,29,31). The Morgan fingerprint density at radius 3 is 2.62 bits per heavy atom. The van der Waals surface area contributed by atoms with E-state index >= 15 is 0 Å². The predicted octanol–water partition coefficient (Wildman–Crippen LogP) is 4.99. The molecule has 3 aromatic heterocycles. The highest BCUT2D eigenvalue weighted by Gasteiger charge is 2.24. The molecule has 192 valence electrons. The number of amidine groups is 1. The molecule has 0 aliphatic carbocycles. The third kappa shape index (κ3) is 4.62. The quantitative estimate of drug-likeness (QED) is 0.397. The van der Waals surface area contributed by atoms with E-state index in [4.69, 9.17) is 9.47 Å². The van der Waals surface area contributed by atoms with Gasteiger partial charge in [0.25, 0.3) is 0 Å². The molecule has 1 unspecified atom stereocenters. The zero-order valence-corrected chi connectivity index (χ0v) is 21.9. The number of anilines is 2. The van der Waals surface area contributed by atoms with Crippen LogP contribution in [-0.2, 0) is 11.8 Å². The molecule has 0 fully saturated rings. The van der Waals surface area contributed by atoms with E-state index in [2.05, 4.69) is 31.4 Å². The second-order valence-electron chi connectivity index (χ2n) is 9.43. The fourth-order valence-corrected chi connectivity index (χ4v) is 4.55. The lowest BCUT2D eigenvalue weighted by atomic mass is 10.1. The minimum absolute atomic E-state index is 0.179. The molecular weight excluding hydrogens is 470 g/mol. The Hall–Kier alpha value is -4.34. The van der Waals surface area contributed by atoms with Gasteiger partial charge >= 0.3 is 6.09 Å². The molecule has 5 rings (SSSR count). The van der Waals surface area contributed by atoms with Crippen LogP contribution in [0.1, 0.15) is 32.4 Å². The van der Waals surface area contributed by atoms with Gasteiger partial charge in [-0.1, -0.05) is 6.07 Å². The zero-order valence-electron chi connectivity index (χ0n) is 21.9. The second kappa shape index (κ2) is 9.61. The molecular formula is C27H31N7O3. The van der Waals surface area contributed by atoms with E-state index in [0.29, 0.717) is 22.8 Å². The molecule has 37 heavy (non-hydrogen) atoms. The van der Waals surface area contributed by atoms with Crippen LogP contribution in [0.2, 0.25) is 0 Å². The van der Waals surface area contributed by atoms with E-state index < -0.39 is 6.09 Å². The van der Waals surface area contributed by atoms with Gasteiger partial charge in [0.15, 0.2) is 0 Å². The Labute approximate surface area is 215 Å². The number of carbonyl (C=O) groups is 1. The largest absolute Gasteiger partial charge is 0.495 e. The van der Waals surface area contributed by atoms with Crippen molar-refractivity contribution in [3.63, 3.8) is 0 Å². The van der Waals surface area contributed by atoms with Crippen LogP contribution >= 0.6 is 0 Å². The number of ether oxygens (including phenoxy) is 2. The topological polar surface area (TPSA) is 98.8 Å². The van der Waals surface area contributed by atoms with Gasteiger partial charge in [-0.15, -0.1) is 0 Å². The zero-order chi connectivity index (χ0) is 26.3. The molecule has 1 aliphatic heterocycles. The van der Waals surface area contributed by atoms with E-state index in [9.17, 15) is 4.79 Å². The van der Waals surface area contributed by atoms with Gasteiger partial charge in [0.2, 0.25) is 0 Å². The van der Waals surface area contributed by atoms with Crippen LogP contribution in [0.25, 0.3) is 22.2 Å². The van der Waals surface area contributed by atoms with Crippen LogP contribution in [0.3, 0.4) is 0 Å². The monoisotopic (exact) mass is 501 g/mol. The van der Waals surface area contributed by atoms with Crippen LogP contribution in [0, 0.1) is 0 Å². The van der Waals surface area contributed by atoms with E-state index in [1.165, 1.54) is 0 Å². The van der Waals surface area contributed by atoms with Crippen LogP contribution < -0.4 is 10.1 Å². The van der Waals surface area contributed by atoms with Gasteiger partial charge in [-0.05, 0) is 44.5 Å². The molecule has 10 nitrogen and oxygen atoms in total. The number of methoxy groups -OCH3 is 1. The number of carbonyl (C=O) groups excluding carboxylic acids is 1. The molecule has 0 saturated heterocycles. The van der Waals surface area contributed by atoms with Crippen molar-refractivity contribution in [1.29, 1.82) is 0 Å². The third-order valence-electron chi connectivity index (χ3n) is 6.55. The van der Waals surface area contributed by atoms with Gasteiger partial charge in [-0.3, -0.25) is 9.67 Å². The molecule has 0 amide bonds. The van der Waals surface area contributed by atoms with Crippen molar-refractivity contribution >= 4 is 34.3 Å². The van der Waals surface area contributed by atoms with Crippen LogP contribution in [0.5, 0.6) is 5.75 Å². The van der Waals surface area contributed by atoms with E-state index in [-0.39, 0.29) is 12.1 Å². The van der Waals surface area contributed by atoms with Crippen LogP contribution in [0.4, 0.5) is 16.3 Å². The first-order chi connectivity index (χ1) is 17.7. The van der Waals surface area contributed by atoms with Gasteiger partial charge in [-0.2, -0.15) is 5.10 Å². The maximum absolute atomic E-state index is 13.2. The summed E-state index contributed by atoms with van der Waals surface area (Å²) in [4.78, 5) is 24.5. The Balaban J connectivity index is 1.51. The first kappa shape index (κ1) is 24.4. The number of aliphatic imine (C=N–C) groups is 1. The minimum atomic E-state index is -0.457. The molecule has 0 bridgehead atoms. The number of fused-ring (bicyclic) bond motifs is 1. The highest BCUT2D eigenvalue weighted by atomic mass is 16.6. The van der Waals surface area contributed by atoms with Crippen molar-refractivity contribution in [3.05, 3.63) is 54.5 Å². The number of hydrogen-bond acceptors (Lipinski definition) is 8. The molecule has 1 aromatic carbocycles. The maximum Gasteiger partial charge on any atom is 0.419 e. The number of nitrogens with zero attached hydrogens (tertiary/aromatic N) is 6. The Kier molecular flexibility index (Phi) is 6.32. The number of benzene rings is 1. The van der Waals surface area contributed by atoms with Gasteiger partial charge < -0.3 is 19.7 Å². The highest BCUT2D eigenvalue weighted by Crippen LogP contribution is 2.35. The van der Waals surface area contributed by atoms with Crippen molar-refractivity contribution in [3.8, 4) is 17.0 Å². The predicted molar refractivity (Wildman–Crippen MR) is 144 cm³/mol. The molecule has 4 aromatic rings. The number of nitrogens with one attached hydrogen (secondary N) is 1. The number of hydrogen-bond donors (Lipinski definition) is 1. The molecule has 0 radical (unpaired) electrons. The Morgan fingerprint density at radius 1 is 1.16 bits per heavy atom. The number of aryl methyl sites for hydroxylation is 1.